The number of pyridine rings is 1. The van der Waals surface area contributed by atoms with Gasteiger partial charge >= 0.3 is 5.97 Å². The van der Waals surface area contributed by atoms with Crippen molar-refractivity contribution in [3.05, 3.63) is 38.0 Å². The van der Waals surface area contributed by atoms with E-state index in [2.05, 4.69) is 15.9 Å². The molecule has 0 saturated heterocycles. The Morgan fingerprint density at radius 1 is 1.50 bits per heavy atom. The first-order valence-electron chi connectivity index (χ1n) is 6.83. The highest BCUT2D eigenvalue weighted by Crippen LogP contribution is 2.35. The molecule has 0 fully saturated rings. The predicted octanol–water partition coefficient (Wildman–Crippen LogP) is 3.52. The van der Waals surface area contributed by atoms with Gasteiger partial charge in [-0.05, 0) is 34.5 Å². The summed E-state index contributed by atoms with van der Waals surface area (Å²) >= 11 is 4.78. The van der Waals surface area contributed by atoms with Crippen molar-refractivity contribution in [3.63, 3.8) is 0 Å². The molecule has 0 bridgehead atoms. The second-order valence-electron chi connectivity index (χ2n) is 4.80. The second kappa shape index (κ2) is 6.04. The quantitative estimate of drug-likeness (QED) is 0.758. The Balaban J connectivity index is 2.42. The highest BCUT2D eigenvalue weighted by atomic mass is 79.9. The number of ether oxygens (including phenoxy) is 1. The SMILES string of the molecule is CCOC(=O)c1c2n(c3ccc(CF)c(Br)c3c1=O)CCS2. The van der Waals surface area contributed by atoms with Gasteiger partial charge in [0.25, 0.3) is 0 Å². The molecule has 0 spiro atoms. The Kier molecular flexibility index (Phi) is 4.27. The number of hydrogen-bond donors (Lipinski definition) is 0. The number of hydrogen-bond acceptors (Lipinski definition) is 4. The van der Waals surface area contributed by atoms with Gasteiger partial charge in [0.15, 0.2) is 0 Å². The van der Waals surface area contributed by atoms with E-state index in [-0.39, 0.29) is 12.2 Å². The van der Waals surface area contributed by atoms with Gasteiger partial charge in [-0.3, -0.25) is 4.79 Å². The fourth-order valence-electron chi connectivity index (χ4n) is 2.61. The van der Waals surface area contributed by atoms with Crippen LogP contribution in [0.1, 0.15) is 22.8 Å². The lowest BCUT2D eigenvalue weighted by Crippen LogP contribution is -2.22. The summed E-state index contributed by atoms with van der Waals surface area (Å²) in [5.41, 5.74) is 0.748. The van der Waals surface area contributed by atoms with Gasteiger partial charge in [-0.2, -0.15) is 0 Å². The first kappa shape index (κ1) is 15.6. The Hall–Kier alpha value is -1.34. The molecule has 0 saturated carbocycles. The van der Waals surface area contributed by atoms with Gasteiger partial charge in [0.05, 0.1) is 22.5 Å². The van der Waals surface area contributed by atoms with Crippen molar-refractivity contribution in [1.29, 1.82) is 0 Å². The number of alkyl halides is 1. The van der Waals surface area contributed by atoms with Crippen LogP contribution >= 0.6 is 27.7 Å². The van der Waals surface area contributed by atoms with Gasteiger partial charge in [0.2, 0.25) is 5.43 Å². The summed E-state index contributed by atoms with van der Waals surface area (Å²) in [5, 5.41) is 0.973. The lowest BCUT2D eigenvalue weighted by atomic mass is 10.1. The molecule has 3 rings (SSSR count). The smallest absolute Gasteiger partial charge is 0.344 e. The van der Waals surface area contributed by atoms with E-state index in [0.29, 0.717) is 32.5 Å². The molecular weight excluding hydrogens is 373 g/mol. The fraction of sp³-hybridized carbons (Fsp3) is 0.333. The Labute approximate surface area is 138 Å². The highest BCUT2D eigenvalue weighted by Gasteiger charge is 2.28. The van der Waals surface area contributed by atoms with Crippen LogP contribution in [0.3, 0.4) is 0 Å². The van der Waals surface area contributed by atoms with E-state index in [1.54, 1.807) is 19.1 Å². The van der Waals surface area contributed by atoms with Gasteiger partial charge in [0.1, 0.15) is 12.2 Å². The van der Waals surface area contributed by atoms with Crippen molar-refractivity contribution in [2.75, 3.05) is 12.4 Å². The van der Waals surface area contributed by atoms with Crippen LogP contribution in [0.2, 0.25) is 0 Å². The molecule has 1 aromatic carbocycles. The van der Waals surface area contributed by atoms with Crippen LogP contribution in [0.15, 0.2) is 26.4 Å². The Morgan fingerprint density at radius 3 is 2.95 bits per heavy atom. The van der Waals surface area contributed by atoms with E-state index >= 15 is 0 Å². The highest BCUT2D eigenvalue weighted by molar-refractivity contribution is 9.10. The largest absolute Gasteiger partial charge is 0.462 e. The van der Waals surface area contributed by atoms with Gasteiger partial charge < -0.3 is 9.30 Å². The standard InChI is InChI=1S/C15H13BrFNO3S/c1-2-21-15(20)11-13(19)10-9(18-5-6-22-14(11)18)4-3-8(7-17)12(10)16/h3-4H,2,5-7H2,1H3. The molecular formula is C15H13BrFNO3S. The molecule has 1 aromatic heterocycles. The maximum atomic E-state index is 13.1. The van der Waals surface area contributed by atoms with Crippen LogP contribution in [0.5, 0.6) is 0 Å². The second-order valence-corrected chi connectivity index (χ2v) is 6.67. The first-order chi connectivity index (χ1) is 10.6. The van der Waals surface area contributed by atoms with Crippen molar-refractivity contribution in [2.24, 2.45) is 0 Å². The van der Waals surface area contributed by atoms with E-state index in [1.165, 1.54) is 11.8 Å². The van der Waals surface area contributed by atoms with Gasteiger partial charge in [0, 0.05) is 16.8 Å². The van der Waals surface area contributed by atoms with E-state index in [0.717, 1.165) is 5.75 Å². The molecule has 116 valence electrons. The third-order valence-electron chi connectivity index (χ3n) is 3.58. The van der Waals surface area contributed by atoms with Gasteiger partial charge in [-0.15, -0.1) is 11.8 Å². The molecule has 7 heteroatoms. The molecule has 2 heterocycles. The minimum atomic E-state index is -0.679. The molecule has 22 heavy (non-hydrogen) atoms. The van der Waals surface area contributed by atoms with Crippen molar-refractivity contribution in [1.82, 2.24) is 4.57 Å². The van der Waals surface area contributed by atoms with Crippen LogP contribution in [0.4, 0.5) is 4.39 Å². The van der Waals surface area contributed by atoms with Crippen molar-refractivity contribution in [3.8, 4) is 0 Å². The van der Waals surface area contributed by atoms with Crippen LogP contribution in [0.25, 0.3) is 10.9 Å². The number of aromatic nitrogens is 1. The summed E-state index contributed by atoms with van der Waals surface area (Å²) < 4.78 is 20.4. The molecule has 0 radical (unpaired) electrons. The number of rotatable bonds is 3. The lowest BCUT2D eigenvalue weighted by molar-refractivity contribution is 0.0519. The summed E-state index contributed by atoms with van der Waals surface area (Å²) in [7, 11) is 0. The Bertz CT molecular complexity index is 834. The molecule has 0 amide bonds. The van der Waals surface area contributed by atoms with E-state index in [9.17, 15) is 14.0 Å². The molecule has 1 aliphatic rings. The van der Waals surface area contributed by atoms with Gasteiger partial charge in [-0.25, -0.2) is 9.18 Å². The number of halogens is 2. The zero-order valence-corrected chi connectivity index (χ0v) is 14.2. The van der Waals surface area contributed by atoms with Crippen LogP contribution in [-0.2, 0) is 18.0 Å². The molecule has 4 nitrogen and oxygen atoms in total. The lowest BCUT2D eigenvalue weighted by Gasteiger charge is -2.14. The minimum Gasteiger partial charge on any atom is -0.462 e. The number of aryl methyl sites for hydroxylation is 1. The topological polar surface area (TPSA) is 48.3 Å². The fourth-order valence-corrected chi connectivity index (χ4v) is 4.36. The number of carbonyl (C=O) groups excluding carboxylic acids is 1. The molecule has 0 atom stereocenters. The first-order valence-corrected chi connectivity index (χ1v) is 8.61. The summed E-state index contributed by atoms with van der Waals surface area (Å²) in [6, 6.07) is 3.40. The molecule has 2 aromatic rings. The normalized spacial score (nSPS) is 13.4. The maximum Gasteiger partial charge on any atom is 0.344 e. The average molecular weight is 386 g/mol. The minimum absolute atomic E-state index is 0.0496. The average Bonchev–Trinajstić information content (AvgIpc) is 2.96. The summed E-state index contributed by atoms with van der Waals surface area (Å²) in [5.74, 6) is 0.165. The predicted molar refractivity (Wildman–Crippen MR) is 87.4 cm³/mol. The van der Waals surface area contributed by atoms with Crippen LogP contribution in [-0.4, -0.2) is 22.9 Å². The molecule has 0 N–H and O–H groups in total. The molecule has 0 unspecified atom stereocenters. The van der Waals surface area contributed by atoms with E-state index < -0.39 is 18.1 Å². The van der Waals surface area contributed by atoms with Crippen LogP contribution in [0, 0.1) is 0 Å². The number of fused-ring (bicyclic) bond motifs is 3. The van der Waals surface area contributed by atoms with Crippen LogP contribution < -0.4 is 5.43 Å². The third kappa shape index (κ3) is 2.27. The number of thioether (sulfide) groups is 1. The van der Waals surface area contributed by atoms with E-state index in [1.807, 2.05) is 4.57 Å². The number of esters is 1. The van der Waals surface area contributed by atoms with E-state index in [4.69, 9.17) is 4.74 Å². The molecule has 0 aliphatic carbocycles. The Morgan fingerprint density at radius 2 is 2.27 bits per heavy atom. The molecule has 1 aliphatic heterocycles. The zero-order valence-electron chi connectivity index (χ0n) is 11.8. The third-order valence-corrected chi connectivity index (χ3v) is 5.57. The summed E-state index contributed by atoms with van der Waals surface area (Å²) in [6.45, 7) is 1.92. The number of nitrogens with zero attached hydrogens (tertiary/aromatic N) is 1. The zero-order chi connectivity index (χ0) is 15.9. The maximum absolute atomic E-state index is 13.1. The van der Waals surface area contributed by atoms with Gasteiger partial charge in [-0.1, -0.05) is 6.07 Å². The number of benzene rings is 1. The van der Waals surface area contributed by atoms with Crippen molar-refractivity contribution >= 4 is 44.6 Å². The monoisotopic (exact) mass is 385 g/mol. The van der Waals surface area contributed by atoms with Crippen molar-refractivity contribution in [2.45, 2.75) is 25.2 Å². The summed E-state index contributed by atoms with van der Waals surface area (Å²) in [6.07, 6.45) is 0. The summed E-state index contributed by atoms with van der Waals surface area (Å²) in [4.78, 5) is 25.0. The number of carbonyl (C=O) groups is 1. The van der Waals surface area contributed by atoms with Crippen molar-refractivity contribution < 1.29 is 13.9 Å².